The lowest BCUT2D eigenvalue weighted by molar-refractivity contribution is 0.307. The van der Waals surface area contributed by atoms with Crippen LogP contribution in [0.4, 0.5) is 0 Å². The van der Waals surface area contributed by atoms with Crippen molar-refractivity contribution in [3.05, 3.63) is 35.9 Å². The van der Waals surface area contributed by atoms with Crippen LogP contribution >= 0.6 is 0 Å². The Morgan fingerprint density at radius 3 is 2.27 bits per heavy atom. The second-order valence-electron chi connectivity index (χ2n) is 6.06. The number of hydrogen-bond acceptors (Lipinski definition) is 2. The molecule has 2 nitrogen and oxygen atoms in total. The Kier molecular flexibility index (Phi) is 6.57. The Morgan fingerprint density at radius 1 is 0.909 bits per heavy atom. The van der Waals surface area contributed by atoms with Crippen LogP contribution in [0.15, 0.2) is 30.3 Å². The number of benzene rings is 2. The summed E-state index contributed by atoms with van der Waals surface area (Å²) >= 11 is 0. The molecule has 1 N–H and O–H groups in total. The molecule has 0 bridgehead atoms. The van der Waals surface area contributed by atoms with E-state index in [-0.39, 0.29) is 0 Å². The van der Waals surface area contributed by atoms with Crippen molar-refractivity contribution in [1.82, 2.24) is 0 Å². The molecule has 0 aliphatic rings. The predicted molar refractivity (Wildman–Crippen MR) is 93.8 cm³/mol. The molecule has 0 amide bonds. The second-order valence-corrected chi connectivity index (χ2v) is 6.06. The molecular weight excluding hydrogens is 272 g/mol. The average Bonchev–Trinajstić information content (AvgIpc) is 2.54. The summed E-state index contributed by atoms with van der Waals surface area (Å²) in [5, 5.41) is 12.0. The first-order valence-corrected chi connectivity index (χ1v) is 8.58. The van der Waals surface area contributed by atoms with Gasteiger partial charge in [-0.15, -0.1) is 0 Å². The Bertz CT molecular complexity index is 590. The largest absolute Gasteiger partial charge is 0.507 e. The summed E-state index contributed by atoms with van der Waals surface area (Å²) in [6.07, 6.45) is 9.00. The van der Waals surface area contributed by atoms with Crippen LogP contribution in [0.2, 0.25) is 0 Å². The molecule has 0 atom stereocenters. The van der Waals surface area contributed by atoms with Gasteiger partial charge in [0, 0.05) is 10.8 Å². The molecule has 0 aromatic heterocycles. The molecule has 0 radical (unpaired) electrons. The lowest BCUT2D eigenvalue weighted by atomic mass is 10.0. The van der Waals surface area contributed by atoms with Crippen molar-refractivity contribution in [2.24, 2.45) is 0 Å². The summed E-state index contributed by atoms with van der Waals surface area (Å²) in [6.45, 7) is 4.92. The molecule has 0 unspecified atom stereocenters. The lowest BCUT2D eigenvalue weighted by Gasteiger charge is -2.12. The molecule has 2 rings (SSSR count). The number of hydrogen-bond donors (Lipinski definition) is 1. The Morgan fingerprint density at radius 2 is 1.55 bits per heavy atom. The quantitative estimate of drug-likeness (QED) is 0.577. The van der Waals surface area contributed by atoms with Gasteiger partial charge in [0.25, 0.3) is 0 Å². The summed E-state index contributed by atoms with van der Waals surface area (Å²) in [4.78, 5) is 0. The molecule has 0 fully saturated rings. The van der Waals surface area contributed by atoms with Crippen molar-refractivity contribution in [2.75, 3.05) is 6.61 Å². The highest BCUT2D eigenvalue weighted by Gasteiger charge is 2.09. The third kappa shape index (κ3) is 4.40. The third-order valence-electron chi connectivity index (χ3n) is 4.17. The molecule has 120 valence electrons. The van der Waals surface area contributed by atoms with Gasteiger partial charge in [0.05, 0.1) is 6.61 Å². The maximum atomic E-state index is 10.1. The summed E-state index contributed by atoms with van der Waals surface area (Å²) < 4.78 is 5.97. The molecule has 0 spiro atoms. The minimum atomic E-state index is 0.360. The normalized spacial score (nSPS) is 11.0. The van der Waals surface area contributed by atoms with Crippen LogP contribution in [-0.2, 0) is 0 Å². The first-order valence-electron chi connectivity index (χ1n) is 8.58. The third-order valence-corrected chi connectivity index (χ3v) is 4.17. The van der Waals surface area contributed by atoms with Gasteiger partial charge in [-0.1, -0.05) is 69.7 Å². The van der Waals surface area contributed by atoms with Gasteiger partial charge in [-0.25, -0.2) is 0 Å². The van der Waals surface area contributed by atoms with Crippen LogP contribution in [0.3, 0.4) is 0 Å². The van der Waals surface area contributed by atoms with Crippen LogP contribution in [0.1, 0.15) is 57.4 Å². The highest BCUT2D eigenvalue weighted by molar-refractivity contribution is 5.94. The fourth-order valence-electron chi connectivity index (χ4n) is 2.82. The first kappa shape index (κ1) is 16.7. The summed E-state index contributed by atoms with van der Waals surface area (Å²) in [6, 6.07) is 9.82. The fraction of sp³-hybridized carbons (Fsp3) is 0.500. The molecule has 0 aliphatic heterocycles. The monoisotopic (exact) mass is 300 g/mol. The molecule has 2 aromatic rings. The second kappa shape index (κ2) is 8.67. The van der Waals surface area contributed by atoms with Gasteiger partial charge >= 0.3 is 0 Å². The highest BCUT2D eigenvalue weighted by atomic mass is 16.5. The fourth-order valence-corrected chi connectivity index (χ4v) is 2.82. The van der Waals surface area contributed by atoms with E-state index in [1.807, 2.05) is 37.3 Å². The molecule has 2 heteroatoms. The number of ether oxygens (including phenoxy) is 1. The van der Waals surface area contributed by atoms with E-state index in [4.69, 9.17) is 4.74 Å². The van der Waals surface area contributed by atoms with E-state index >= 15 is 0 Å². The smallest absolute Gasteiger partial charge is 0.127 e. The Labute approximate surface area is 134 Å². The standard InChI is InChI=1S/C20H28O2/c1-3-4-5-6-7-8-11-14-22-19-15-16(2)20(21)18-13-10-9-12-17(18)19/h9-10,12-13,15,21H,3-8,11,14H2,1-2H3. The number of aryl methyl sites for hydroxylation is 1. The van der Waals surface area contributed by atoms with E-state index in [0.717, 1.165) is 35.1 Å². The molecule has 0 aliphatic carbocycles. The summed E-state index contributed by atoms with van der Waals surface area (Å²) in [5.74, 6) is 1.25. The number of phenols is 1. The number of unbranched alkanes of at least 4 members (excludes halogenated alkanes) is 6. The van der Waals surface area contributed by atoms with Crippen LogP contribution in [0.5, 0.6) is 11.5 Å². The Balaban J connectivity index is 1.86. The maximum Gasteiger partial charge on any atom is 0.127 e. The zero-order valence-electron chi connectivity index (χ0n) is 13.9. The molecule has 0 saturated heterocycles. The van der Waals surface area contributed by atoms with Crippen molar-refractivity contribution in [1.29, 1.82) is 0 Å². The summed E-state index contributed by atoms with van der Waals surface area (Å²) in [7, 11) is 0. The van der Waals surface area contributed by atoms with E-state index in [1.54, 1.807) is 0 Å². The molecule has 0 saturated carbocycles. The minimum absolute atomic E-state index is 0.360. The Hall–Kier alpha value is -1.70. The van der Waals surface area contributed by atoms with Crippen molar-refractivity contribution in [2.45, 2.75) is 58.8 Å². The van der Waals surface area contributed by atoms with Gasteiger partial charge < -0.3 is 9.84 Å². The van der Waals surface area contributed by atoms with Crippen LogP contribution < -0.4 is 4.74 Å². The number of aromatic hydroxyl groups is 1. The van der Waals surface area contributed by atoms with E-state index in [1.165, 1.54) is 38.5 Å². The predicted octanol–water partition coefficient (Wildman–Crippen LogP) is 5.98. The first-order chi connectivity index (χ1) is 10.7. The lowest BCUT2D eigenvalue weighted by Crippen LogP contribution is -1.98. The van der Waals surface area contributed by atoms with Gasteiger partial charge in [-0.2, -0.15) is 0 Å². The number of rotatable bonds is 9. The van der Waals surface area contributed by atoms with Gasteiger partial charge in [0.15, 0.2) is 0 Å². The van der Waals surface area contributed by atoms with E-state index in [2.05, 4.69) is 6.92 Å². The van der Waals surface area contributed by atoms with Gasteiger partial charge in [-0.05, 0) is 25.0 Å². The molecular formula is C20H28O2. The van der Waals surface area contributed by atoms with Gasteiger partial charge in [0.2, 0.25) is 0 Å². The van der Waals surface area contributed by atoms with Crippen LogP contribution in [0.25, 0.3) is 10.8 Å². The maximum absolute atomic E-state index is 10.1. The average molecular weight is 300 g/mol. The topological polar surface area (TPSA) is 29.5 Å². The minimum Gasteiger partial charge on any atom is -0.507 e. The van der Waals surface area contributed by atoms with Crippen molar-refractivity contribution in [3.63, 3.8) is 0 Å². The zero-order valence-corrected chi connectivity index (χ0v) is 13.9. The molecule has 0 heterocycles. The van der Waals surface area contributed by atoms with Crippen molar-refractivity contribution in [3.8, 4) is 11.5 Å². The summed E-state index contributed by atoms with van der Waals surface area (Å²) in [5.41, 5.74) is 0.869. The zero-order chi connectivity index (χ0) is 15.8. The van der Waals surface area contributed by atoms with E-state index < -0.39 is 0 Å². The number of phenolic OH excluding ortho intramolecular Hbond substituents is 1. The van der Waals surface area contributed by atoms with Gasteiger partial charge in [-0.3, -0.25) is 0 Å². The van der Waals surface area contributed by atoms with Crippen LogP contribution in [-0.4, -0.2) is 11.7 Å². The molecule has 2 aromatic carbocycles. The van der Waals surface area contributed by atoms with E-state index in [9.17, 15) is 5.11 Å². The van der Waals surface area contributed by atoms with Crippen LogP contribution in [0, 0.1) is 6.92 Å². The molecule has 22 heavy (non-hydrogen) atoms. The van der Waals surface area contributed by atoms with Crippen molar-refractivity contribution < 1.29 is 9.84 Å². The van der Waals surface area contributed by atoms with Gasteiger partial charge in [0.1, 0.15) is 11.5 Å². The number of fused-ring (bicyclic) bond motifs is 1. The SMILES string of the molecule is CCCCCCCCCOc1cc(C)c(O)c2ccccc12. The highest BCUT2D eigenvalue weighted by Crippen LogP contribution is 2.35. The van der Waals surface area contributed by atoms with Crippen molar-refractivity contribution >= 4 is 10.8 Å². The van der Waals surface area contributed by atoms with E-state index in [0.29, 0.717) is 5.75 Å².